The minimum absolute atomic E-state index is 0.155. The number of carbonyl (C=O) groups is 1. The minimum atomic E-state index is -0.155. The highest BCUT2D eigenvalue weighted by atomic mass is 32.2. The molecule has 1 aromatic rings. The summed E-state index contributed by atoms with van der Waals surface area (Å²) in [7, 11) is 0. The molecule has 100 valence electrons. The van der Waals surface area contributed by atoms with E-state index in [-0.39, 0.29) is 11.9 Å². The van der Waals surface area contributed by atoms with Crippen molar-refractivity contribution in [3.63, 3.8) is 0 Å². The van der Waals surface area contributed by atoms with Crippen molar-refractivity contribution >= 4 is 34.1 Å². The highest BCUT2D eigenvalue weighted by Gasteiger charge is 2.34. The second kappa shape index (κ2) is 5.22. The van der Waals surface area contributed by atoms with Crippen LogP contribution >= 0.6 is 11.8 Å². The first-order valence-corrected chi connectivity index (χ1v) is 7.23. The Morgan fingerprint density at radius 3 is 3.11 bits per heavy atom. The average molecular weight is 276 g/mol. The predicted molar refractivity (Wildman–Crippen MR) is 79.6 cm³/mol. The molecular formula is C13H16N4OS. The fraction of sp³-hybridized carbons (Fsp3) is 0.385. The van der Waals surface area contributed by atoms with E-state index in [1.54, 1.807) is 23.9 Å². The zero-order valence-corrected chi connectivity index (χ0v) is 11.2. The first-order chi connectivity index (χ1) is 9.24. The van der Waals surface area contributed by atoms with Crippen LogP contribution in [0.4, 0.5) is 11.4 Å². The molecule has 6 heteroatoms. The third-order valence-electron chi connectivity index (χ3n) is 3.34. The first-order valence-electron chi connectivity index (χ1n) is 6.35. The minimum Gasteiger partial charge on any atom is -0.397 e. The van der Waals surface area contributed by atoms with E-state index in [1.165, 1.54) is 0 Å². The van der Waals surface area contributed by atoms with E-state index in [9.17, 15) is 4.79 Å². The molecule has 19 heavy (non-hydrogen) atoms. The lowest BCUT2D eigenvalue weighted by molar-refractivity contribution is -0.110. The maximum absolute atomic E-state index is 12.2. The number of hydrogen-bond donors (Lipinski definition) is 3. The van der Waals surface area contributed by atoms with E-state index < -0.39 is 0 Å². The molecule has 0 bridgehead atoms. The molecule has 2 aliphatic rings. The molecule has 0 radical (unpaired) electrons. The van der Waals surface area contributed by atoms with Crippen LogP contribution in [0, 0.1) is 0 Å². The molecule has 4 N–H and O–H groups in total. The molecule has 1 saturated heterocycles. The van der Waals surface area contributed by atoms with Gasteiger partial charge in [-0.1, -0.05) is 23.9 Å². The van der Waals surface area contributed by atoms with Crippen LogP contribution in [0.2, 0.25) is 0 Å². The smallest absolute Gasteiger partial charge is 0.280 e. The van der Waals surface area contributed by atoms with E-state index in [0.717, 1.165) is 19.5 Å². The van der Waals surface area contributed by atoms with Gasteiger partial charge in [-0.25, -0.2) is 0 Å². The van der Waals surface area contributed by atoms with Crippen LogP contribution in [0.15, 0.2) is 29.3 Å². The number of nitrogen functional groups attached to an aromatic ring is 1. The standard InChI is InChI=1S/C13H16N4OS/c14-8-3-1-2-4-9(8)16-12(18)13-17-10-5-6-15-7-11(10)19-13/h1-4,10-11,15H,5-7,14H2,(H,16,18). The number of nitrogens with two attached hydrogens (primary N) is 1. The Morgan fingerprint density at radius 2 is 2.32 bits per heavy atom. The number of aliphatic imine (C=N–C) groups is 1. The number of anilines is 2. The largest absolute Gasteiger partial charge is 0.397 e. The molecule has 2 atom stereocenters. The molecule has 1 fully saturated rings. The zero-order chi connectivity index (χ0) is 13.2. The topological polar surface area (TPSA) is 79.5 Å². The third-order valence-corrected chi connectivity index (χ3v) is 4.64. The second-order valence-electron chi connectivity index (χ2n) is 4.69. The molecule has 0 spiro atoms. The van der Waals surface area contributed by atoms with Crippen LogP contribution < -0.4 is 16.4 Å². The Balaban J connectivity index is 1.70. The van der Waals surface area contributed by atoms with Gasteiger partial charge in [0.2, 0.25) is 0 Å². The molecule has 3 rings (SSSR count). The highest BCUT2D eigenvalue weighted by Crippen LogP contribution is 2.31. The first kappa shape index (κ1) is 12.5. The molecule has 2 aliphatic heterocycles. The summed E-state index contributed by atoms with van der Waals surface area (Å²) in [6, 6.07) is 7.53. The zero-order valence-electron chi connectivity index (χ0n) is 10.4. The molecule has 0 aromatic heterocycles. The van der Waals surface area contributed by atoms with Gasteiger partial charge in [0, 0.05) is 11.8 Å². The fourth-order valence-electron chi connectivity index (χ4n) is 2.31. The number of rotatable bonds is 2. The summed E-state index contributed by atoms with van der Waals surface area (Å²) in [6.45, 7) is 1.90. The van der Waals surface area contributed by atoms with Crippen LogP contribution in [0.5, 0.6) is 0 Å². The maximum Gasteiger partial charge on any atom is 0.280 e. The Hall–Kier alpha value is -1.53. The van der Waals surface area contributed by atoms with Gasteiger partial charge in [0.05, 0.1) is 17.4 Å². The molecule has 5 nitrogen and oxygen atoms in total. The van der Waals surface area contributed by atoms with E-state index in [4.69, 9.17) is 5.73 Å². The average Bonchev–Trinajstić information content (AvgIpc) is 2.85. The second-order valence-corrected chi connectivity index (χ2v) is 5.92. The molecule has 0 saturated carbocycles. The Bertz CT molecular complexity index is 531. The van der Waals surface area contributed by atoms with Gasteiger partial charge in [0.1, 0.15) is 0 Å². The van der Waals surface area contributed by atoms with E-state index in [2.05, 4.69) is 15.6 Å². The number of amides is 1. The van der Waals surface area contributed by atoms with Gasteiger partial charge in [0.25, 0.3) is 5.91 Å². The number of nitrogens with one attached hydrogen (secondary N) is 2. The van der Waals surface area contributed by atoms with E-state index in [1.807, 2.05) is 12.1 Å². The van der Waals surface area contributed by atoms with E-state index in [0.29, 0.717) is 21.7 Å². The van der Waals surface area contributed by atoms with Crippen molar-refractivity contribution in [1.82, 2.24) is 5.32 Å². The Kier molecular flexibility index (Phi) is 3.44. The number of thioether (sulfide) groups is 1. The van der Waals surface area contributed by atoms with Crippen molar-refractivity contribution in [2.75, 3.05) is 24.1 Å². The number of benzene rings is 1. The summed E-state index contributed by atoms with van der Waals surface area (Å²) >= 11 is 1.56. The van der Waals surface area contributed by atoms with Crippen LogP contribution in [-0.4, -0.2) is 35.3 Å². The van der Waals surface area contributed by atoms with E-state index >= 15 is 0 Å². The molecule has 2 heterocycles. The number of carbonyl (C=O) groups excluding carboxylic acids is 1. The van der Waals surface area contributed by atoms with Gasteiger partial charge < -0.3 is 16.4 Å². The molecular weight excluding hydrogens is 260 g/mol. The summed E-state index contributed by atoms with van der Waals surface area (Å²) < 4.78 is 0. The number of fused-ring (bicyclic) bond motifs is 1. The SMILES string of the molecule is Nc1ccccc1NC(=O)C1=NC2CCNCC2S1. The van der Waals surface area contributed by atoms with Gasteiger partial charge in [-0.05, 0) is 25.1 Å². The molecule has 1 aromatic carbocycles. The quantitative estimate of drug-likeness (QED) is 0.706. The van der Waals surface area contributed by atoms with Crippen molar-refractivity contribution in [1.29, 1.82) is 0 Å². The number of piperidine rings is 1. The van der Waals surface area contributed by atoms with Crippen molar-refractivity contribution in [3.05, 3.63) is 24.3 Å². The van der Waals surface area contributed by atoms with Crippen molar-refractivity contribution < 1.29 is 4.79 Å². The maximum atomic E-state index is 12.2. The highest BCUT2D eigenvalue weighted by molar-refractivity contribution is 8.16. The lowest BCUT2D eigenvalue weighted by Crippen LogP contribution is -2.39. The summed E-state index contributed by atoms with van der Waals surface area (Å²) in [5, 5.41) is 7.12. The van der Waals surface area contributed by atoms with Gasteiger partial charge >= 0.3 is 0 Å². The summed E-state index contributed by atoms with van der Waals surface area (Å²) in [5.74, 6) is -0.155. The van der Waals surface area contributed by atoms with Gasteiger partial charge in [-0.15, -0.1) is 0 Å². The predicted octanol–water partition coefficient (Wildman–Crippen LogP) is 1.08. The van der Waals surface area contributed by atoms with Crippen molar-refractivity contribution in [3.8, 4) is 0 Å². The van der Waals surface area contributed by atoms with Crippen LogP contribution in [0.25, 0.3) is 0 Å². The third kappa shape index (κ3) is 2.59. The molecule has 1 amide bonds. The lowest BCUT2D eigenvalue weighted by atomic mass is 10.1. The number of para-hydroxylation sites is 2. The van der Waals surface area contributed by atoms with Crippen molar-refractivity contribution in [2.45, 2.75) is 17.7 Å². The van der Waals surface area contributed by atoms with Crippen LogP contribution in [0.1, 0.15) is 6.42 Å². The number of hydrogen-bond acceptors (Lipinski definition) is 5. The monoisotopic (exact) mass is 276 g/mol. The summed E-state index contributed by atoms with van der Waals surface area (Å²) in [4.78, 5) is 16.7. The Morgan fingerprint density at radius 1 is 1.47 bits per heavy atom. The van der Waals surface area contributed by atoms with Crippen LogP contribution in [-0.2, 0) is 4.79 Å². The lowest BCUT2D eigenvalue weighted by Gasteiger charge is -2.22. The summed E-state index contributed by atoms with van der Waals surface area (Å²) in [5.41, 5.74) is 7.02. The number of nitrogens with zero attached hydrogens (tertiary/aromatic N) is 1. The summed E-state index contributed by atoms with van der Waals surface area (Å²) in [6.07, 6.45) is 1.00. The van der Waals surface area contributed by atoms with Crippen LogP contribution in [0.3, 0.4) is 0 Å². The molecule has 2 unspecified atom stereocenters. The van der Waals surface area contributed by atoms with Gasteiger partial charge in [0.15, 0.2) is 5.04 Å². The fourth-order valence-corrected chi connectivity index (χ4v) is 3.50. The van der Waals surface area contributed by atoms with Gasteiger partial charge in [-0.3, -0.25) is 9.79 Å². The molecule has 0 aliphatic carbocycles. The van der Waals surface area contributed by atoms with Crippen molar-refractivity contribution in [2.24, 2.45) is 4.99 Å². The normalized spacial score (nSPS) is 25.6. The Labute approximate surface area is 116 Å². The van der Waals surface area contributed by atoms with Gasteiger partial charge in [-0.2, -0.15) is 0 Å².